The molecule has 19 heavy (non-hydrogen) atoms. The second-order valence-corrected chi connectivity index (χ2v) is 6.24. The van der Waals surface area contributed by atoms with Crippen LogP contribution < -0.4 is 5.14 Å². The van der Waals surface area contributed by atoms with Gasteiger partial charge < -0.3 is 4.57 Å². The molecule has 0 aliphatic rings. The molecule has 1 aromatic heterocycles. The molecule has 110 valence electrons. The molecule has 6 nitrogen and oxygen atoms in total. The third kappa shape index (κ3) is 4.01. The van der Waals surface area contributed by atoms with Crippen LogP contribution in [0.1, 0.15) is 64.6 Å². The minimum Gasteiger partial charge on any atom is -0.301 e. The first kappa shape index (κ1) is 16.1. The van der Waals surface area contributed by atoms with Crippen molar-refractivity contribution < 1.29 is 8.42 Å². The molecule has 1 atom stereocenters. The Balaban J connectivity index is 3.16. The van der Waals surface area contributed by atoms with Crippen LogP contribution in [-0.2, 0) is 16.6 Å². The summed E-state index contributed by atoms with van der Waals surface area (Å²) >= 11 is 0. The summed E-state index contributed by atoms with van der Waals surface area (Å²) in [4.78, 5) is 0. The van der Waals surface area contributed by atoms with Crippen molar-refractivity contribution in [2.45, 2.75) is 70.5 Å². The highest BCUT2D eigenvalue weighted by atomic mass is 32.2. The van der Waals surface area contributed by atoms with E-state index in [0.29, 0.717) is 6.54 Å². The van der Waals surface area contributed by atoms with Crippen LogP contribution in [0.4, 0.5) is 0 Å². The van der Waals surface area contributed by atoms with Gasteiger partial charge in [0, 0.05) is 12.5 Å². The lowest BCUT2D eigenvalue weighted by Gasteiger charge is -2.15. The van der Waals surface area contributed by atoms with E-state index < -0.39 is 10.0 Å². The third-order valence-electron chi connectivity index (χ3n) is 3.21. The molecule has 0 fully saturated rings. The van der Waals surface area contributed by atoms with Crippen molar-refractivity contribution in [2.24, 2.45) is 5.14 Å². The van der Waals surface area contributed by atoms with Crippen LogP contribution in [0.15, 0.2) is 5.16 Å². The Bertz CT molecular complexity index is 496. The van der Waals surface area contributed by atoms with Gasteiger partial charge in [0.2, 0.25) is 0 Å². The standard InChI is InChI=1S/C12H24N4O2S/c1-4-7-8-10(6-3)11-14-15-12(19(13,17)18)16(11)9-5-2/h10H,4-9H2,1-3H3,(H2,13,17,18). The second-order valence-electron chi connectivity index (χ2n) is 4.78. The van der Waals surface area contributed by atoms with Gasteiger partial charge in [0.25, 0.3) is 15.2 Å². The van der Waals surface area contributed by atoms with Gasteiger partial charge in [-0.2, -0.15) is 0 Å². The smallest absolute Gasteiger partial charge is 0.273 e. The number of rotatable bonds is 8. The van der Waals surface area contributed by atoms with Gasteiger partial charge in [-0.05, 0) is 19.3 Å². The van der Waals surface area contributed by atoms with Crippen LogP contribution in [0.3, 0.4) is 0 Å². The first-order chi connectivity index (χ1) is 8.95. The van der Waals surface area contributed by atoms with Crippen LogP contribution in [0, 0.1) is 0 Å². The number of hydrogen-bond acceptors (Lipinski definition) is 4. The Kier molecular flexibility index (Phi) is 5.93. The largest absolute Gasteiger partial charge is 0.301 e. The molecule has 0 bridgehead atoms. The highest BCUT2D eigenvalue weighted by Crippen LogP contribution is 2.25. The molecular formula is C12H24N4O2S. The summed E-state index contributed by atoms with van der Waals surface area (Å²) in [5, 5.41) is 12.9. The normalized spacial score (nSPS) is 13.7. The lowest BCUT2D eigenvalue weighted by atomic mass is 9.98. The summed E-state index contributed by atoms with van der Waals surface area (Å²) in [5.41, 5.74) is 0. The average Bonchev–Trinajstić information content (AvgIpc) is 2.75. The zero-order valence-corrected chi connectivity index (χ0v) is 12.8. The number of sulfonamides is 1. The minimum atomic E-state index is -3.81. The fraction of sp³-hybridized carbons (Fsp3) is 0.833. The van der Waals surface area contributed by atoms with Gasteiger partial charge in [0.15, 0.2) is 0 Å². The molecule has 7 heteroatoms. The van der Waals surface area contributed by atoms with E-state index in [4.69, 9.17) is 5.14 Å². The highest BCUT2D eigenvalue weighted by Gasteiger charge is 2.24. The van der Waals surface area contributed by atoms with Gasteiger partial charge in [-0.25, -0.2) is 13.6 Å². The number of unbranched alkanes of at least 4 members (excludes halogenated alkanes) is 1. The zero-order valence-electron chi connectivity index (χ0n) is 12.0. The topological polar surface area (TPSA) is 90.9 Å². The van der Waals surface area contributed by atoms with E-state index in [1.165, 1.54) is 0 Å². The van der Waals surface area contributed by atoms with Crippen LogP contribution >= 0.6 is 0 Å². The maximum Gasteiger partial charge on any atom is 0.273 e. The number of primary sulfonamides is 1. The van der Waals surface area contributed by atoms with E-state index in [1.807, 2.05) is 6.92 Å². The van der Waals surface area contributed by atoms with Gasteiger partial charge in [0.1, 0.15) is 5.82 Å². The van der Waals surface area contributed by atoms with Crippen LogP contribution in [-0.4, -0.2) is 23.2 Å². The van der Waals surface area contributed by atoms with Gasteiger partial charge in [0.05, 0.1) is 0 Å². The number of aromatic nitrogens is 3. The summed E-state index contributed by atoms with van der Waals surface area (Å²) in [6.45, 7) is 6.79. The van der Waals surface area contributed by atoms with E-state index >= 15 is 0 Å². The molecule has 0 spiro atoms. The fourth-order valence-electron chi connectivity index (χ4n) is 2.21. The summed E-state index contributed by atoms with van der Waals surface area (Å²) in [7, 11) is -3.81. The molecule has 1 heterocycles. The van der Waals surface area contributed by atoms with Gasteiger partial charge in [-0.3, -0.25) is 0 Å². The van der Waals surface area contributed by atoms with Crippen molar-refractivity contribution in [3.05, 3.63) is 5.82 Å². The van der Waals surface area contributed by atoms with Crippen molar-refractivity contribution in [1.29, 1.82) is 0 Å². The Labute approximate surface area is 115 Å². The molecule has 1 unspecified atom stereocenters. The monoisotopic (exact) mass is 288 g/mol. The van der Waals surface area contributed by atoms with E-state index in [1.54, 1.807) is 4.57 Å². The summed E-state index contributed by atoms with van der Waals surface area (Å²) < 4.78 is 24.7. The van der Waals surface area contributed by atoms with Crippen molar-refractivity contribution in [3.8, 4) is 0 Å². The van der Waals surface area contributed by atoms with E-state index in [9.17, 15) is 8.42 Å². The fourth-order valence-corrected chi connectivity index (χ4v) is 2.86. The summed E-state index contributed by atoms with van der Waals surface area (Å²) in [6, 6.07) is 0. The molecule has 0 aliphatic carbocycles. The molecule has 0 aromatic carbocycles. The molecule has 0 amide bonds. The van der Waals surface area contributed by atoms with Crippen molar-refractivity contribution in [1.82, 2.24) is 14.8 Å². The van der Waals surface area contributed by atoms with E-state index in [2.05, 4.69) is 24.0 Å². The maximum atomic E-state index is 11.5. The molecule has 0 saturated heterocycles. The molecule has 0 saturated carbocycles. The predicted octanol–water partition coefficient (Wildman–Crippen LogP) is 2.02. The Morgan fingerprint density at radius 3 is 2.37 bits per heavy atom. The Morgan fingerprint density at radius 2 is 1.89 bits per heavy atom. The summed E-state index contributed by atoms with van der Waals surface area (Å²) in [6.07, 6.45) is 4.95. The predicted molar refractivity (Wildman–Crippen MR) is 74.2 cm³/mol. The lowest BCUT2D eigenvalue weighted by molar-refractivity contribution is 0.488. The van der Waals surface area contributed by atoms with Crippen molar-refractivity contribution in [3.63, 3.8) is 0 Å². The number of nitrogens with zero attached hydrogens (tertiary/aromatic N) is 3. The maximum absolute atomic E-state index is 11.5. The van der Waals surface area contributed by atoms with Crippen LogP contribution in [0.25, 0.3) is 0 Å². The van der Waals surface area contributed by atoms with E-state index in [-0.39, 0.29) is 11.1 Å². The van der Waals surface area contributed by atoms with Crippen molar-refractivity contribution in [2.75, 3.05) is 0 Å². The second kappa shape index (κ2) is 7.00. The summed E-state index contributed by atoms with van der Waals surface area (Å²) in [5.74, 6) is 0.997. The van der Waals surface area contributed by atoms with Crippen molar-refractivity contribution >= 4 is 10.0 Å². The quantitative estimate of drug-likeness (QED) is 0.792. The van der Waals surface area contributed by atoms with Gasteiger partial charge >= 0.3 is 0 Å². The molecule has 1 aromatic rings. The number of nitrogens with two attached hydrogens (primary N) is 1. The minimum absolute atomic E-state index is 0.112. The zero-order chi connectivity index (χ0) is 14.5. The lowest BCUT2D eigenvalue weighted by Crippen LogP contribution is -2.20. The van der Waals surface area contributed by atoms with Crippen LogP contribution in [0.5, 0.6) is 0 Å². The Hall–Kier alpha value is -0.950. The third-order valence-corrected chi connectivity index (χ3v) is 4.02. The molecule has 1 rings (SSSR count). The van der Waals surface area contributed by atoms with E-state index in [0.717, 1.165) is 37.9 Å². The molecule has 0 aliphatic heterocycles. The Morgan fingerprint density at radius 1 is 1.21 bits per heavy atom. The molecular weight excluding hydrogens is 264 g/mol. The molecule has 2 N–H and O–H groups in total. The SMILES string of the molecule is CCCCC(CC)c1nnc(S(N)(=O)=O)n1CCC. The highest BCUT2D eigenvalue weighted by molar-refractivity contribution is 7.89. The first-order valence-corrected chi connectivity index (χ1v) is 8.46. The molecule has 0 radical (unpaired) electrons. The van der Waals surface area contributed by atoms with Gasteiger partial charge in [-0.1, -0.05) is 33.6 Å². The first-order valence-electron chi connectivity index (χ1n) is 6.91. The van der Waals surface area contributed by atoms with Gasteiger partial charge in [-0.15, -0.1) is 10.2 Å². The van der Waals surface area contributed by atoms with Crippen LogP contribution in [0.2, 0.25) is 0 Å². The number of hydrogen-bond donors (Lipinski definition) is 1. The average molecular weight is 288 g/mol.